The molecule has 0 atom stereocenters. The van der Waals surface area contributed by atoms with E-state index in [2.05, 4.69) is 78.6 Å². The number of phenols is 1. The van der Waals surface area contributed by atoms with Crippen molar-refractivity contribution in [3.63, 3.8) is 0 Å². The van der Waals surface area contributed by atoms with E-state index in [1.165, 1.54) is 11.1 Å². The van der Waals surface area contributed by atoms with Gasteiger partial charge in [0.25, 0.3) is 0 Å². The Bertz CT molecular complexity index is 3290. The van der Waals surface area contributed by atoms with Gasteiger partial charge in [-0.2, -0.15) is 0 Å². The van der Waals surface area contributed by atoms with Crippen molar-refractivity contribution in [3.05, 3.63) is 155 Å². The van der Waals surface area contributed by atoms with Crippen molar-refractivity contribution in [3.8, 4) is 17.2 Å². The normalized spacial score (nSPS) is 17.5. The number of ketones is 1. The fourth-order valence-corrected chi connectivity index (χ4v) is 11.0. The minimum absolute atomic E-state index is 0. The number of aromatic amines is 1. The standard InChI is InChI=1S/C58H61N4O4.Zn/c1-11-35-39(15-5)55-53(51-43-27-33(65-9)23-19-31(43)21-25-49(51)63)56-41(17-7)37(13-3)47(61-56)30-48-38(14-4)42(18-8)58(62-48)54(52-44-28-34(66-10)24-20-32(44)22-26-50(52)64)57-40(16-6)36(12-2)46(60-57)29-45(35)59-55;/h19-30H,11-18H2,1-10H3,(H3-,59,60,61,62,63,64);/q-1;+2/p-1/b45-29-,46-29?,47-30?,48-30-,55-53-,56-53?,57-54?,58-54?;. The number of phenolic OH excluding ortho intramolecular Hbond substituents is 1. The minimum atomic E-state index is -0.0853. The molecule has 2 N–H and O–H groups in total. The number of methoxy groups -OCH3 is 2. The van der Waals surface area contributed by atoms with Gasteiger partial charge in [0, 0.05) is 21.8 Å². The Morgan fingerprint density at radius 3 is 1.81 bits per heavy atom. The van der Waals surface area contributed by atoms with E-state index in [4.69, 9.17) is 24.4 Å². The van der Waals surface area contributed by atoms with Gasteiger partial charge in [-0.1, -0.05) is 114 Å². The summed E-state index contributed by atoms with van der Waals surface area (Å²) in [5, 5.41) is 16.0. The quantitative estimate of drug-likeness (QED) is 0.0988. The number of aromatic hydroxyl groups is 1. The first-order chi connectivity index (χ1) is 32.1. The molecule has 8 bridgehead atoms. The number of benzene rings is 3. The van der Waals surface area contributed by atoms with E-state index in [0.29, 0.717) is 35.5 Å². The van der Waals surface area contributed by atoms with Gasteiger partial charge in [-0.05, 0) is 143 Å². The molecule has 9 rings (SSSR count). The smallest absolute Gasteiger partial charge is 0.657 e. The molecule has 8 nitrogen and oxygen atoms in total. The molecule has 0 spiro atoms. The number of hydrogen-bond acceptors (Lipinski definition) is 5. The van der Waals surface area contributed by atoms with Crippen molar-refractivity contribution >= 4 is 57.2 Å². The summed E-state index contributed by atoms with van der Waals surface area (Å²) >= 11 is 0. The molecule has 0 radical (unpaired) electrons. The molecular weight excluding hydrogens is 882 g/mol. The molecule has 6 aromatic rings. The summed E-state index contributed by atoms with van der Waals surface area (Å²) in [7, 11) is 3.34. The van der Waals surface area contributed by atoms with Crippen molar-refractivity contribution in [1.29, 1.82) is 0 Å². The second-order valence-electron chi connectivity index (χ2n) is 17.2. The topological polar surface area (TPSA) is 112 Å². The van der Waals surface area contributed by atoms with E-state index in [-0.39, 0.29) is 31.0 Å². The molecule has 0 fully saturated rings. The summed E-state index contributed by atoms with van der Waals surface area (Å²) in [6, 6.07) is 15.8. The second kappa shape index (κ2) is 19.2. The molecule has 1 aliphatic carbocycles. The molecule has 3 aliphatic rings. The van der Waals surface area contributed by atoms with Crippen LogP contribution in [0.3, 0.4) is 0 Å². The number of aliphatic imine (C=N–C) groups is 1. The van der Waals surface area contributed by atoms with Gasteiger partial charge in [-0.25, -0.2) is 4.99 Å². The number of nitrogens with zero attached hydrogens (tertiary/aromatic N) is 3. The second-order valence-corrected chi connectivity index (χ2v) is 17.2. The zero-order valence-corrected chi connectivity index (χ0v) is 43.8. The number of nitrogens with one attached hydrogen (secondary N) is 1. The van der Waals surface area contributed by atoms with E-state index >= 15 is 0 Å². The number of allylic oxidation sites excluding steroid dienone is 5. The predicted octanol–water partition coefficient (Wildman–Crippen LogP) is 10.7. The van der Waals surface area contributed by atoms with Gasteiger partial charge >= 0.3 is 19.5 Å². The van der Waals surface area contributed by atoms with Gasteiger partial charge in [0.1, 0.15) is 17.2 Å². The molecular formula is C58H60N4O4Zn. The van der Waals surface area contributed by atoms with E-state index in [1.54, 1.807) is 26.4 Å². The number of carbonyl (C=O) groups is 1. The van der Waals surface area contributed by atoms with Crippen LogP contribution >= 0.6 is 0 Å². The third-order valence-corrected chi connectivity index (χ3v) is 14.1. The van der Waals surface area contributed by atoms with Crippen LogP contribution < -0.4 is 30.1 Å². The van der Waals surface area contributed by atoms with Crippen LogP contribution in [0.2, 0.25) is 0 Å². The van der Waals surface area contributed by atoms with Crippen LogP contribution in [0, 0.1) is 0 Å². The molecule has 338 valence electrons. The van der Waals surface area contributed by atoms with Crippen molar-refractivity contribution in [2.75, 3.05) is 14.2 Å². The number of carbonyl (C=O) groups excluding carboxylic acids is 1. The number of hydrogen-bond donors (Lipinski definition) is 2. The Morgan fingerprint density at radius 1 is 0.612 bits per heavy atom. The first-order valence-electron chi connectivity index (χ1n) is 23.9. The van der Waals surface area contributed by atoms with Crippen LogP contribution in [-0.4, -0.2) is 35.8 Å². The van der Waals surface area contributed by atoms with E-state index in [0.717, 1.165) is 150 Å². The average Bonchev–Trinajstić information content (AvgIpc) is 4.09. The largest absolute Gasteiger partial charge is 2.00 e. The molecule has 67 heavy (non-hydrogen) atoms. The summed E-state index contributed by atoms with van der Waals surface area (Å²) in [4.78, 5) is 35.7. The number of H-pyrrole nitrogens is 1. The van der Waals surface area contributed by atoms with Crippen LogP contribution in [-0.2, 0) is 62.8 Å². The van der Waals surface area contributed by atoms with Crippen LogP contribution in [0.25, 0.3) is 45.7 Å². The van der Waals surface area contributed by atoms with Gasteiger partial charge in [0.05, 0.1) is 25.6 Å². The third kappa shape index (κ3) is 7.64. The Balaban J connectivity index is 0.00000608. The molecule has 5 heterocycles. The summed E-state index contributed by atoms with van der Waals surface area (Å²) in [6.45, 7) is 17.6. The predicted molar refractivity (Wildman–Crippen MR) is 270 cm³/mol. The van der Waals surface area contributed by atoms with Gasteiger partial charge in [0.2, 0.25) is 0 Å². The molecule has 0 amide bonds. The number of ether oxygens (including phenoxy) is 2. The maximum absolute atomic E-state index is 14.7. The number of aromatic nitrogens is 3. The molecule has 9 heteroatoms. The first-order valence-corrected chi connectivity index (χ1v) is 23.9. The molecule has 0 saturated carbocycles. The van der Waals surface area contributed by atoms with Gasteiger partial charge < -0.3 is 29.5 Å². The maximum atomic E-state index is 14.7. The van der Waals surface area contributed by atoms with Gasteiger partial charge in [0.15, 0.2) is 5.78 Å². The fraction of sp³-hybridized carbons (Fsp3) is 0.310. The zero-order chi connectivity index (χ0) is 46.6. The summed E-state index contributed by atoms with van der Waals surface area (Å²) < 4.78 is 11.6. The minimum Gasteiger partial charge on any atom is -0.657 e. The van der Waals surface area contributed by atoms with Crippen molar-refractivity contribution in [1.82, 2.24) is 15.0 Å². The Kier molecular flexibility index (Phi) is 13.6. The van der Waals surface area contributed by atoms with Crippen LogP contribution in [0.5, 0.6) is 17.2 Å². The number of fused-ring (bicyclic) bond motifs is 9. The maximum Gasteiger partial charge on any atom is 2.00 e. The van der Waals surface area contributed by atoms with Crippen molar-refractivity contribution in [2.45, 2.75) is 107 Å². The Morgan fingerprint density at radius 2 is 1.19 bits per heavy atom. The van der Waals surface area contributed by atoms with E-state index < -0.39 is 0 Å². The van der Waals surface area contributed by atoms with Crippen molar-refractivity contribution < 1.29 is 38.9 Å². The van der Waals surface area contributed by atoms with Crippen LogP contribution in [0.1, 0.15) is 141 Å². The van der Waals surface area contributed by atoms with Crippen LogP contribution in [0.15, 0.2) is 76.4 Å². The SMILES string of the molecule is CCC1=C(CC)/C2=C/c3[n-]c(c(CC)c3CC)/C(c3c(O)ccc4ccc(OC)cc34)=c3\[nH]/c(c(CC)c3CC)=C\c3[n-]c(c(CC)c3CC)/C(=C3\C(=O)C=Cc4ccc(OC)cc43)C1=N2.[Zn+2]. The van der Waals surface area contributed by atoms with Crippen LogP contribution in [0.4, 0.5) is 0 Å². The monoisotopic (exact) mass is 940 g/mol. The molecule has 3 aromatic heterocycles. The third-order valence-electron chi connectivity index (χ3n) is 14.1. The average molecular weight is 943 g/mol. The van der Waals surface area contributed by atoms with Gasteiger partial charge in [-0.3, -0.25) is 4.79 Å². The first kappa shape index (κ1) is 47.3. The van der Waals surface area contributed by atoms with E-state index in [1.807, 2.05) is 42.5 Å². The molecule has 3 aromatic carbocycles. The zero-order valence-electron chi connectivity index (χ0n) is 40.8. The Labute approximate surface area is 407 Å². The summed E-state index contributed by atoms with van der Waals surface area (Å²) in [6.07, 6.45) is 13.9. The number of rotatable bonds is 11. The summed E-state index contributed by atoms with van der Waals surface area (Å²) in [5.74, 6) is 1.47. The summed E-state index contributed by atoms with van der Waals surface area (Å²) in [5.41, 5.74) is 18.8. The van der Waals surface area contributed by atoms with Gasteiger partial charge in [-0.15, -0.1) is 22.8 Å². The fourth-order valence-electron chi connectivity index (χ4n) is 11.0. The molecule has 0 unspecified atom stereocenters. The molecule has 0 saturated heterocycles. The van der Waals surface area contributed by atoms with Crippen molar-refractivity contribution in [2.24, 2.45) is 4.99 Å². The van der Waals surface area contributed by atoms with E-state index in [9.17, 15) is 9.90 Å². The Hall–Kier alpha value is -6.18. The molecule has 2 aliphatic heterocycles.